The summed E-state index contributed by atoms with van der Waals surface area (Å²) in [6, 6.07) is 13.5. The Hall–Kier alpha value is -3.55. The molecule has 0 bridgehead atoms. The average Bonchev–Trinajstić information content (AvgIpc) is 3.37. The Balaban J connectivity index is 1.52. The first-order chi connectivity index (χ1) is 13.2. The normalized spacial score (nSPS) is 15.9. The molecule has 138 valence electrons. The van der Waals surface area contributed by atoms with Gasteiger partial charge in [-0.2, -0.15) is 5.10 Å². The van der Waals surface area contributed by atoms with E-state index in [1.54, 1.807) is 14.2 Å². The van der Waals surface area contributed by atoms with Crippen LogP contribution in [0.2, 0.25) is 0 Å². The van der Waals surface area contributed by atoms with Gasteiger partial charge in [0, 0.05) is 30.2 Å². The Labute approximate surface area is 155 Å². The molecule has 1 atom stereocenters. The molecule has 0 amide bonds. The SMILES string of the molecule is COc1ccc(C2CC(c3ccc(-[n+]4cc(=O)o[nH]4)cc3)=NN2)c(OC)c1. The molecule has 1 aromatic heterocycles. The molecule has 2 aromatic carbocycles. The number of nitrogens with zero attached hydrogens (tertiary/aromatic N) is 2. The van der Waals surface area contributed by atoms with E-state index in [1.807, 2.05) is 42.5 Å². The van der Waals surface area contributed by atoms with Crippen molar-refractivity contribution in [1.82, 2.24) is 10.7 Å². The van der Waals surface area contributed by atoms with Gasteiger partial charge in [-0.25, -0.2) is 4.79 Å². The fraction of sp³-hybridized carbons (Fsp3) is 0.211. The molecule has 3 aromatic rings. The molecule has 0 saturated heterocycles. The van der Waals surface area contributed by atoms with Crippen LogP contribution < -0.4 is 25.2 Å². The molecule has 0 spiro atoms. The molecule has 8 nitrogen and oxygen atoms in total. The van der Waals surface area contributed by atoms with Crippen molar-refractivity contribution in [2.45, 2.75) is 12.5 Å². The number of ether oxygens (including phenoxy) is 2. The van der Waals surface area contributed by atoms with Crippen molar-refractivity contribution >= 4 is 5.71 Å². The second-order valence-corrected chi connectivity index (χ2v) is 6.11. The summed E-state index contributed by atoms with van der Waals surface area (Å²) >= 11 is 0. The minimum atomic E-state index is -0.431. The van der Waals surface area contributed by atoms with Crippen LogP contribution in [-0.4, -0.2) is 25.2 Å². The van der Waals surface area contributed by atoms with E-state index < -0.39 is 5.63 Å². The molecule has 1 unspecified atom stereocenters. The maximum absolute atomic E-state index is 11.1. The van der Waals surface area contributed by atoms with E-state index in [-0.39, 0.29) is 6.04 Å². The van der Waals surface area contributed by atoms with Gasteiger partial charge in [0.2, 0.25) is 5.69 Å². The summed E-state index contributed by atoms with van der Waals surface area (Å²) in [5, 5.41) is 7.01. The van der Waals surface area contributed by atoms with Crippen LogP contribution in [0.5, 0.6) is 11.5 Å². The lowest BCUT2D eigenvalue weighted by molar-refractivity contribution is -0.670. The number of aromatic amines is 1. The van der Waals surface area contributed by atoms with Gasteiger partial charge in [-0.1, -0.05) is 0 Å². The second kappa shape index (κ2) is 6.99. The molecular weight excluding hydrogens is 348 g/mol. The van der Waals surface area contributed by atoms with Crippen molar-refractivity contribution < 1.29 is 18.7 Å². The van der Waals surface area contributed by atoms with Gasteiger partial charge >= 0.3 is 5.63 Å². The predicted molar refractivity (Wildman–Crippen MR) is 97.4 cm³/mol. The number of hydrogen-bond acceptors (Lipinski definition) is 6. The topological polar surface area (TPSA) is 92.7 Å². The van der Waals surface area contributed by atoms with Gasteiger partial charge in [-0.05, 0) is 39.8 Å². The van der Waals surface area contributed by atoms with Crippen molar-refractivity contribution in [3.63, 3.8) is 0 Å². The summed E-state index contributed by atoms with van der Waals surface area (Å²) in [7, 11) is 3.27. The number of nitrogens with one attached hydrogen (secondary N) is 2. The van der Waals surface area contributed by atoms with Crippen LogP contribution in [-0.2, 0) is 0 Å². The van der Waals surface area contributed by atoms with E-state index in [9.17, 15) is 4.79 Å². The fourth-order valence-electron chi connectivity index (χ4n) is 3.10. The molecule has 0 fully saturated rings. The highest BCUT2D eigenvalue weighted by molar-refractivity contribution is 6.01. The number of rotatable bonds is 5. The van der Waals surface area contributed by atoms with Crippen LogP contribution in [0.4, 0.5) is 0 Å². The molecule has 2 N–H and O–H groups in total. The lowest BCUT2D eigenvalue weighted by Crippen LogP contribution is -2.32. The summed E-state index contributed by atoms with van der Waals surface area (Å²) < 4.78 is 16.9. The maximum Gasteiger partial charge on any atom is 0.427 e. The molecule has 8 heteroatoms. The number of hydrazone groups is 1. The van der Waals surface area contributed by atoms with E-state index >= 15 is 0 Å². The minimum Gasteiger partial charge on any atom is -0.497 e. The quantitative estimate of drug-likeness (QED) is 0.670. The molecule has 1 aliphatic rings. The van der Waals surface area contributed by atoms with Crippen LogP contribution in [0.3, 0.4) is 0 Å². The van der Waals surface area contributed by atoms with Crippen LogP contribution in [0.1, 0.15) is 23.6 Å². The second-order valence-electron chi connectivity index (χ2n) is 6.11. The molecule has 0 saturated carbocycles. The zero-order valence-corrected chi connectivity index (χ0v) is 14.9. The third-order valence-electron chi connectivity index (χ3n) is 4.53. The van der Waals surface area contributed by atoms with Gasteiger partial charge in [-0.15, -0.1) is 0 Å². The van der Waals surface area contributed by atoms with Gasteiger partial charge < -0.3 is 14.9 Å². The van der Waals surface area contributed by atoms with Gasteiger partial charge in [0.1, 0.15) is 11.5 Å². The van der Waals surface area contributed by atoms with Gasteiger partial charge in [0.25, 0.3) is 6.20 Å². The first-order valence-electron chi connectivity index (χ1n) is 8.43. The lowest BCUT2D eigenvalue weighted by Gasteiger charge is -2.15. The van der Waals surface area contributed by atoms with E-state index in [0.717, 1.165) is 40.4 Å². The largest absolute Gasteiger partial charge is 0.497 e. The monoisotopic (exact) mass is 367 g/mol. The lowest BCUT2D eigenvalue weighted by atomic mass is 9.98. The fourth-order valence-corrected chi connectivity index (χ4v) is 3.10. The number of hydrogen-bond donors (Lipinski definition) is 2. The molecule has 0 radical (unpaired) electrons. The van der Waals surface area contributed by atoms with Crippen molar-refractivity contribution in [2.75, 3.05) is 14.2 Å². The number of benzene rings is 2. The molecule has 4 rings (SSSR count). The summed E-state index contributed by atoms with van der Waals surface area (Å²) in [5.41, 5.74) is 6.54. The predicted octanol–water partition coefficient (Wildman–Crippen LogP) is 1.70. The molecule has 27 heavy (non-hydrogen) atoms. The first-order valence-corrected chi connectivity index (χ1v) is 8.43. The van der Waals surface area contributed by atoms with Crippen LogP contribution >= 0.6 is 0 Å². The van der Waals surface area contributed by atoms with E-state index in [4.69, 9.17) is 9.47 Å². The molecule has 1 aliphatic heterocycles. The highest BCUT2D eigenvalue weighted by Gasteiger charge is 2.24. The zero-order chi connectivity index (χ0) is 18.8. The molecule has 2 heterocycles. The maximum atomic E-state index is 11.1. The van der Waals surface area contributed by atoms with Gasteiger partial charge in [-0.3, -0.25) is 4.52 Å². The Bertz CT molecular complexity index is 1040. The van der Waals surface area contributed by atoms with Gasteiger partial charge in [0.15, 0.2) is 0 Å². The van der Waals surface area contributed by atoms with E-state index in [1.165, 1.54) is 10.9 Å². The summed E-state index contributed by atoms with van der Waals surface area (Å²) in [6.45, 7) is 0. The van der Waals surface area contributed by atoms with Crippen LogP contribution in [0, 0.1) is 0 Å². The summed E-state index contributed by atoms with van der Waals surface area (Å²) in [6.07, 6.45) is 2.08. The van der Waals surface area contributed by atoms with Crippen molar-refractivity contribution in [1.29, 1.82) is 0 Å². The van der Waals surface area contributed by atoms with E-state index in [0.29, 0.717) is 0 Å². The molecular formula is C19H19N4O4+. The highest BCUT2D eigenvalue weighted by atomic mass is 16.5. The Morgan fingerprint density at radius 2 is 1.96 bits per heavy atom. The Morgan fingerprint density at radius 3 is 2.63 bits per heavy atom. The standard InChI is InChI=1S/C19H18N4O4/c1-25-14-7-8-15(18(9-14)26-2)17-10-16(20-21-17)12-3-5-13(6-4-12)23-11-19(24)27-22-23/h3-9,11,17H,10H2,1-2H3,(H-,21,22,24)/p+1. The highest BCUT2D eigenvalue weighted by Crippen LogP contribution is 2.33. The van der Waals surface area contributed by atoms with Gasteiger partial charge in [0.05, 0.1) is 26.0 Å². The van der Waals surface area contributed by atoms with Crippen LogP contribution in [0.15, 0.2) is 63.1 Å². The Morgan fingerprint density at radius 1 is 1.15 bits per heavy atom. The number of methoxy groups -OCH3 is 2. The van der Waals surface area contributed by atoms with Crippen molar-refractivity contribution in [3.05, 3.63) is 70.2 Å². The summed E-state index contributed by atoms with van der Waals surface area (Å²) in [5.74, 6) is 1.51. The zero-order valence-electron chi connectivity index (χ0n) is 14.9. The third-order valence-corrected chi connectivity index (χ3v) is 4.53. The summed E-state index contributed by atoms with van der Waals surface area (Å²) in [4.78, 5) is 11.1. The van der Waals surface area contributed by atoms with Crippen molar-refractivity contribution in [3.8, 4) is 17.2 Å². The smallest absolute Gasteiger partial charge is 0.427 e. The minimum absolute atomic E-state index is 0.0279. The van der Waals surface area contributed by atoms with Crippen LogP contribution in [0.25, 0.3) is 5.69 Å². The first kappa shape index (κ1) is 16.9. The number of aromatic nitrogens is 2. The number of H-pyrrole nitrogens is 1. The van der Waals surface area contributed by atoms with Crippen molar-refractivity contribution in [2.24, 2.45) is 5.10 Å². The molecule has 0 aliphatic carbocycles. The van der Waals surface area contributed by atoms with E-state index in [2.05, 4.69) is 20.3 Å². The Kier molecular flexibility index (Phi) is 4.37. The average molecular weight is 367 g/mol. The third kappa shape index (κ3) is 3.29.